The highest BCUT2D eigenvalue weighted by atomic mass is 16.4. The van der Waals surface area contributed by atoms with Crippen molar-refractivity contribution in [2.45, 2.75) is 26.2 Å². The molecule has 0 spiro atoms. The van der Waals surface area contributed by atoms with Gasteiger partial charge < -0.3 is 20.2 Å². The molecule has 0 aromatic heterocycles. The average Bonchev–Trinajstić information content (AvgIpc) is 2.55. The number of hydrogen-bond donors (Lipinski definition) is 3. The lowest BCUT2D eigenvalue weighted by molar-refractivity contribution is 0.0693. The van der Waals surface area contributed by atoms with Gasteiger partial charge in [0.15, 0.2) is 0 Å². The molecule has 0 aliphatic heterocycles. The molecule has 0 radical (unpaired) electrons. The number of benzene rings is 2. The van der Waals surface area contributed by atoms with Crippen molar-refractivity contribution >= 4 is 5.97 Å². The number of carboxylic acids is 1. The van der Waals surface area contributed by atoms with E-state index in [4.69, 9.17) is 10.2 Å². The van der Waals surface area contributed by atoms with Crippen molar-refractivity contribution in [3.8, 4) is 11.5 Å². The number of carboxylic acid groups (broad SMARTS) is 1. The van der Waals surface area contributed by atoms with Gasteiger partial charge in [0.05, 0.1) is 0 Å². The summed E-state index contributed by atoms with van der Waals surface area (Å²) in [6.45, 7) is 5.56. The third-order valence-corrected chi connectivity index (χ3v) is 4.21. The fourth-order valence-electron chi connectivity index (χ4n) is 3.08. The molecular weight excluding hydrogens is 330 g/mol. The molecule has 2 rings (SSSR count). The number of nitrogens with zero attached hydrogens (tertiary/aromatic N) is 1. The lowest BCUT2D eigenvalue weighted by Gasteiger charge is -2.26. The summed E-state index contributed by atoms with van der Waals surface area (Å²) in [5.41, 5.74) is 1.18. The molecule has 0 unspecified atom stereocenters. The van der Waals surface area contributed by atoms with Gasteiger partial charge in [-0.15, -0.1) is 0 Å². The van der Waals surface area contributed by atoms with E-state index >= 15 is 0 Å². The SMILES string of the molecule is CC[C@@H](c1cccc(O)c1)[C@@H](C)CN(C)C.O=C(O)c1ccccc1O. The number of hydrogen-bond acceptors (Lipinski definition) is 4. The number of carbonyl (C=O) groups is 1. The van der Waals surface area contributed by atoms with Crippen LogP contribution in [-0.4, -0.2) is 46.8 Å². The van der Waals surface area contributed by atoms with Crippen LogP contribution in [0.1, 0.15) is 42.1 Å². The minimum absolute atomic E-state index is 0.0671. The number of phenols is 2. The Morgan fingerprint density at radius 1 is 1.08 bits per heavy atom. The Morgan fingerprint density at radius 3 is 2.19 bits per heavy atom. The second-order valence-electron chi connectivity index (χ2n) is 6.67. The van der Waals surface area contributed by atoms with Crippen LogP contribution >= 0.6 is 0 Å². The third-order valence-electron chi connectivity index (χ3n) is 4.21. The zero-order valence-electron chi connectivity index (χ0n) is 15.9. The zero-order valence-corrected chi connectivity index (χ0v) is 15.9. The van der Waals surface area contributed by atoms with Crippen LogP contribution in [0.15, 0.2) is 48.5 Å². The molecule has 2 aromatic rings. The maximum Gasteiger partial charge on any atom is 0.339 e. The van der Waals surface area contributed by atoms with E-state index in [1.165, 1.54) is 17.7 Å². The molecule has 0 amide bonds. The molecule has 0 aliphatic rings. The monoisotopic (exact) mass is 359 g/mol. The van der Waals surface area contributed by atoms with Crippen molar-refractivity contribution in [3.63, 3.8) is 0 Å². The van der Waals surface area contributed by atoms with Crippen LogP contribution in [-0.2, 0) is 0 Å². The molecule has 5 heteroatoms. The normalized spacial score (nSPS) is 12.8. The largest absolute Gasteiger partial charge is 0.508 e. The second-order valence-corrected chi connectivity index (χ2v) is 6.67. The van der Waals surface area contributed by atoms with E-state index in [1.807, 2.05) is 12.1 Å². The number of aromatic hydroxyl groups is 2. The van der Waals surface area contributed by atoms with Crippen molar-refractivity contribution < 1.29 is 20.1 Å². The Morgan fingerprint density at radius 2 is 1.73 bits per heavy atom. The van der Waals surface area contributed by atoms with Crippen LogP contribution < -0.4 is 0 Å². The van der Waals surface area contributed by atoms with E-state index in [-0.39, 0.29) is 11.3 Å². The summed E-state index contributed by atoms with van der Waals surface area (Å²) in [5, 5.41) is 26.8. The van der Waals surface area contributed by atoms with Gasteiger partial charge in [0.2, 0.25) is 0 Å². The fourth-order valence-corrected chi connectivity index (χ4v) is 3.08. The van der Waals surface area contributed by atoms with Crippen molar-refractivity contribution in [1.29, 1.82) is 0 Å². The minimum atomic E-state index is -1.11. The predicted octanol–water partition coefficient (Wildman–Crippen LogP) is 4.17. The molecule has 5 nitrogen and oxygen atoms in total. The molecule has 2 aromatic carbocycles. The standard InChI is InChI=1S/C14H23NO.C7H6O3/c1-5-14(11(2)10-15(3)4)12-7-6-8-13(16)9-12;8-6-4-2-1-3-5(6)7(9)10/h6-9,11,14,16H,5,10H2,1-4H3;1-4,8H,(H,9,10)/t11-,14+;/m0./s1. The first-order valence-corrected chi connectivity index (χ1v) is 8.71. The first-order chi connectivity index (χ1) is 12.3. The first kappa shape index (κ1) is 21.5. The van der Waals surface area contributed by atoms with Gasteiger partial charge in [-0.1, -0.05) is 38.1 Å². The average molecular weight is 359 g/mol. The van der Waals surface area contributed by atoms with Crippen LogP contribution in [0.5, 0.6) is 11.5 Å². The maximum atomic E-state index is 10.3. The molecule has 2 atom stereocenters. The van der Waals surface area contributed by atoms with Crippen molar-refractivity contribution in [2.75, 3.05) is 20.6 Å². The Bertz CT molecular complexity index is 700. The molecule has 0 saturated carbocycles. The Balaban J connectivity index is 0.000000289. The summed E-state index contributed by atoms with van der Waals surface area (Å²) < 4.78 is 0. The van der Waals surface area contributed by atoms with Gasteiger partial charge in [-0.2, -0.15) is 0 Å². The molecule has 0 saturated heterocycles. The van der Waals surface area contributed by atoms with Crippen molar-refractivity contribution in [1.82, 2.24) is 4.90 Å². The van der Waals surface area contributed by atoms with Gasteiger partial charge >= 0.3 is 5.97 Å². The van der Waals surface area contributed by atoms with Crippen LogP contribution in [0.25, 0.3) is 0 Å². The Hall–Kier alpha value is -2.53. The topological polar surface area (TPSA) is 81.0 Å². The molecule has 0 aliphatic carbocycles. The summed E-state index contributed by atoms with van der Waals surface area (Å²) in [5.74, 6) is 0.178. The van der Waals surface area contributed by atoms with E-state index < -0.39 is 5.97 Å². The predicted molar refractivity (Wildman–Crippen MR) is 104 cm³/mol. The van der Waals surface area contributed by atoms with E-state index in [1.54, 1.807) is 18.2 Å². The summed E-state index contributed by atoms with van der Waals surface area (Å²) in [6, 6.07) is 13.5. The highest BCUT2D eigenvalue weighted by Gasteiger charge is 2.18. The number of aromatic carboxylic acids is 1. The van der Waals surface area contributed by atoms with Crippen LogP contribution in [0, 0.1) is 5.92 Å². The van der Waals surface area contributed by atoms with E-state index in [0.29, 0.717) is 17.6 Å². The summed E-state index contributed by atoms with van der Waals surface area (Å²) in [7, 11) is 4.21. The highest BCUT2D eigenvalue weighted by molar-refractivity contribution is 5.90. The smallest absolute Gasteiger partial charge is 0.339 e. The summed E-state index contributed by atoms with van der Waals surface area (Å²) in [6.07, 6.45) is 1.11. The van der Waals surface area contributed by atoms with Crippen LogP contribution in [0.2, 0.25) is 0 Å². The van der Waals surface area contributed by atoms with Crippen LogP contribution in [0.4, 0.5) is 0 Å². The number of rotatable bonds is 6. The molecule has 3 N–H and O–H groups in total. The fraction of sp³-hybridized carbons (Fsp3) is 0.381. The first-order valence-electron chi connectivity index (χ1n) is 8.71. The molecule has 0 heterocycles. The molecule has 26 heavy (non-hydrogen) atoms. The lowest BCUT2D eigenvalue weighted by atomic mass is 9.85. The van der Waals surface area contributed by atoms with Gasteiger partial charge in [-0.05, 0) is 62.2 Å². The van der Waals surface area contributed by atoms with Gasteiger partial charge in [0, 0.05) is 6.54 Å². The number of phenolic OH excluding ortho intramolecular Hbond substituents is 1. The summed E-state index contributed by atoms with van der Waals surface area (Å²) >= 11 is 0. The van der Waals surface area contributed by atoms with Gasteiger partial charge in [0.1, 0.15) is 17.1 Å². The molecular formula is C21H29NO4. The lowest BCUT2D eigenvalue weighted by Crippen LogP contribution is -2.24. The second kappa shape index (κ2) is 10.5. The quantitative estimate of drug-likeness (QED) is 0.721. The van der Waals surface area contributed by atoms with E-state index in [9.17, 15) is 9.90 Å². The van der Waals surface area contributed by atoms with E-state index in [2.05, 4.69) is 38.9 Å². The van der Waals surface area contributed by atoms with Crippen molar-refractivity contribution in [3.05, 3.63) is 59.7 Å². The minimum Gasteiger partial charge on any atom is -0.508 e. The van der Waals surface area contributed by atoms with E-state index in [0.717, 1.165) is 13.0 Å². The summed E-state index contributed by atoms with van der Waals surface area (Å²) in [4.78, 5) is 12.5. The molecule has 0 bridgehead atoms. The van der Waals surface area contributed by atoms with Crippen molar-refractivity contribution in [2.24, 2.45) is 5.92 Å². The van der Waals surface area contributed by atoms with Gasteiger partial charge in [-0.3, -0.25) is 0 Å². The third kappa shape index (κ3) is 6.76. The number of para-hydroxylation sites is 1. The Labute approximate surface area is 155 Å². The van der Waals surface area contributed by atoms with Crippen LogP contribution in [0.3, 0.4) is 0 Å². The van der Waals surface area contributed by atoms with Gasteiger partial charge in [-0.25, -0.2) is 4.79 Å². The maximum absolute atomic E-state index is 10.3. The highest BCUT2D eigenvalue weighted by Crippen LogP contribution is 2.30. The Kier molecular flexibility index (Phi) is 8.65. The van der Waals surface area contributed by atoms with Gasteiger partial charge in [0.25, 0.3) is 0 Å². The zero-order chi connectivity index (χ0) is 19.7. The molecule has 142 valence electrons. The molecule has 0 fully saturated rings.